The van der Waals surface area contributed by atoms with Crippen LogP contribution < -0.4 is 10.6 Å². The molecule has 0 atom stereocenters. The molecule has 0 aliphatic rings. The molecule has 2 heterocycles. The number of hydrogen-bond acceptors (Lipinski definition) is 4. The molecule has 29 heavy (non-hydrogen) atoms. The number of halogens is 2. The van der Waals surface area contributed by atoms with Crippen LogP contribution in [0.1, 0.15) is 17.4 Å². The summed E-state index contributed by atoms with van der Waals surface area (Å²) in [5.74, 6) is -1.76. The highest BCUT2D eigenvalue weighted by molar-refractivity contribution is 7.14. The van der Waals surface area contributed by atoms with Gasteiger partial charge in [0.25, 0.3) is 5.91 Å². The highest BCUT2D eigenvalue weighted by Crippen LogP contribution is 2.29. The molecule has 0 radical (unpaired) electrons. The van der Waals surface area contributed by atoms with Crippen molar-refractivity contribution in [3.05, 3.63) is 65.2 Å². The van der Waals surface area contributed by atoms with Crippen LogP contribution in [0.25, 0.3) is 22.2 Å². The summed E-state index contributed by atoms with van der Waals surface area (Å²) in [4.78, 5) is 30.6. The summed E-state index contributed by atoms with van der Waals surface area (Å²) in [7, 11) is 0. The molecule has 0 bridgehead atoms. The Kier molecular flexibility index (Phi) is 4.81. The second-order valence-corrected chi connectivity index (χ2v) is 7.11. The highest BCUT2D eigenvalue weighted by atomic mass is 32.1. The number of fused-ring (bicyclic) bond motifs is 1. The van der Waals surface area contributed by atoms with Crippen molar-refractivity contribution in [3.63, 3.8) is 0 Å². The third-order valence-electron chi connectivity index (χ3n) is 4.15. The third-order valence-corrected chi connectivity index (χ3v) is 4.90. The first-order valence-corrected chi connectivity index (χ1v) is 9.40. The van der Waals surface area contributed by atoms with E-state index in [0.717, 1.165) is 11.3 Å². The van der Waals surface area contributed by atoms with Gasteiger partial charge in [0.15, 0.2) is 5.13 Å². The quantitative estimate of drug-likeness (QED) is 0.451. The minimum Gasteiger partial charge on any atom is -0.350 e. The predicted octanol–water partition coefficient (Wildman–Crippen LogP) is 4.78. The van der Waals surface area contributed by atoms with Crippen LogP contribution in [0.5, 0.6) is 0 Å². The molecule has 0 aliphatic carbocycles. The Hall–Kier alpha value is -3.59. The van der Waals surface area contributed by atoms with Crippen LogP contribution in [0.15, 0.2) is 47.8 Å². The second kappa shape index (κ2) is 7.44. The lowest BCUT2D eigenvalue weighted by molar-refractivity contribution is -0.114. The van der Waals surface area contributed by atoms with Gasteiger partial charge in [0, 0.05) is 34.5 Å². The van der Waals surface area contributed by atoms with Crippen LogP contribution in [0, 0.1) is 11.6 Å². The van der Waals surface area contributed by atoms with E-state index < -0.39 is 17.5 Å². The second-order valence-electron chi connectivity index (χ2n) is 6.25. The van der Waals surface area contributed by atoms with Crippen molar-refractivity contribution in [2.45, 2.75) is 6.92 Å². The maximum Gasteiger partial charge on any atom is 0.273 e. The lowest BCUT2D eigenvalue weighted by Crippen LogP contribution is -2.11. The maximum atomic E-state index is 14.4. The van der Waals surface area contributed by atoms with Gasteiger partial charge in [0.05, 0.1) is 5.69 Å². The number of amides is 2. The Balaban J connectivity index is 1.53. The van der Waals surface area contributed by atoms with E-state index in [1.165, 1.54) is 31.2 Å². The molecular formula is C20H14F2N4O2S. The van der Waals surface area contributed by atoms with Crippen molar-refractivity contribution < 1.29 is 18.4 Å². The van der Waals surface area contributed by atoms with E-state index in [-0.39, 0.29) is 22.3 Å². The van der Waals surface area contributed by atoms with Gasteiger partial charge >= 0.3 is 0 Å². The van der Waals surface area contributed by atoms with Gasteiger partial charge in [0.2, 0.25) is 5.91 Å². The summed E-state index contributed by atoms with van der Waals surface area (Å²) < 4.78 is 28.2. The molecule has 6 nitrogen and oxygen atoms in total. The molecule has 0 saturated carbocycles. The molecule has 3 N–H and O–H groups in total. The highest BCUT2D eigenvalue weighted by Gasteiger charge is 2.15. The van der Waals surface area contributed by atoms with E-state index in [2.05, 4.69) is 20.6 Å². The Morgan fingerprint density at radius 3 is 2.62 bits per heavy atom. The number of carbonyl (C=O) groups excluding carboxylic acids is 2. The number of anilines is 2. The molecule has 0 aliphatic heterocycles. The Morgan fingerprint density at radius 2 is 1.90 bits per heavy atom. The number of benzene rings is 2. The molecule has 2 aromatic heterocycles. The van der Waals surface area contributed by atoms with Gasteiger partial charge in [-0.3, -0.25) is 14.9 Å². The lowest BCUT2D eigenvalue weighted by Gasteiger charge is -2.05. The van der Waals surface area contributed by atoms with Gasteiger partial charge in [0.1, 0.15) is 17.3 Å². The number of nitrogens with one attached hydrogen (secondary N) is 3. The number of nitrogens with zero attached hydrogens (tertiary/aromatic N) is 1. The average molecular weight is 412 g/mol. The normalized spacial score (nSPS) is 10.9. The van der Waals surface area contributed by atoms with E-state index in [1.807, 2.05) is 0 Å². The first-order chi connectivity index (χ1) is 13.9. The first kappa shape index (κ1) is 18.8. The third kappa shape index (κ3) is 3.85. The zero-order valence-electron chi connectivity index (χ0n) is 15.0. The van der Waals surface area contributed by atoms with Crippen molar-refractivity contribution in [1.29, 1.82) is 0 Å². The van der Waals surface area contributed by atoms with Crippen LogP contribution in [-0.4, -0.2) is 21.8 Å². The summed E-state index contributed by atoms with van der Waals surface area (Å²) >= 11 is 1.13. The van der Waals surface area contributed by atoms with E-state index in [4.69, 9.17) is 0 Å². The van der Waals surface area contributed by atoms with Gasteiger partial charge in [-0.1, -0.05) is 6.07 Å². The fraction of sp³-hybridized carbons (Fsp3) is 0.0500. The molecule has 2 aromatic carbocycles. The standard InChI is InChI=1S/C20H14F2N4O2S/c1-10(27)23-11-5-6-12(15(22)7-11)18-9-29-20(25-18)26-19(28)17-8-13-14(21)3-2-4-16(13)24-17/h2-9,24H,1H3,(H,23,27)(H,25,26,28). The average Bonchev–Trinajstić information content (AvgIpc) is 3.29. The molecule has 0 unspecified atom stereocenters. The van der Waals surface area contributed by atoms with E-state index >= 15 is 0 Å². The van der Waals surface area contributed by atoms with Crippen molar-refractivity contribution >= 4 is 44.9 Å². The number of aromatic amines is 1. The number of H-pyrrole nitrogens is 1. The molecular weight excluding hydrogens is 398 g/mol. The Labute approximate surface area is 167 Å². The summed E-state index contributed by atoms with van der Waals surface area (Å²) in [5, 5.41) is 7.32. The van der Waals surface area contributed by atoms with E-state index in [1.54, 1.807) is 23.6 Å². The SMILES string of the molecule is CC(=O)Nc1ccc(-c2csc(NC(=O)c3cc4c(F)cccc4[nH]3)n2)c(F)c1. The molecule has 0 fully saturated rings. The number of thiazole rings is 1. The summed E-state index contributed by atoms with van der Waals surface area (Å²) in [6.07, 6.45) is 0. The minimum absolute atomic E-state index is 0.188. The fourth-order valence-corrected chi connectivity index (χ4v) is 3.57. The summed E-state index contributed by atoms with van der Waals surface area (Å²) in [6, 6.07) is 10.2. The molecule has 9 heteroatoms. The van der Waals surface area contributed by atoms with Crippen molar-refractivity contribution in [2.24, 2.45) is 0 Å². The van der Waals surface area contributed by atoms with Gasteiger partial charge in [-0.25, -0.2) is 13.8 Å². The van der Waals surface area contributed by atoms with Crippen LogP contribution in [0.3, 0.4) is 0 Å². The van der Waals surface area contributed by atoms with Gasteiger partial charge in [-0.2, -0.15) is 0 Å². The molecule has 146 valence electrons. The molecule has 0 saturated heterocycles. The van der Waals surface area contributed by atoms with Crippen molar-refractivity contribution in [3.8, 4) is 11.3 Å². The number of carbonyl (C=O) groups is 2. The topological polar surface area (TPSA) is 86.9 Å². The van der Waals surface area contributed by atoms with Crippen LogP contribution in [0.4, 0.5) is 19.6 Å². The molecule has 4 aromatic rings. The zero-order valence-corrected chi connectivity index (χ0v) is 15.9. The molecule has 2 amide bonds. The smallest absolute Gasteiger partial charge is 0.273 e. The largest absolute Gasteiger partial charge is 0.350 e. The van der Waals surface area contributed by atoms with Crippen molar-refractivity contribution in [1.82, 2.24) is 9.97 Å². The molecule has 0 spiro atoms. The van der Waals surface area contributed by atoms with Crippen molar-refractivity contribution in [2.75, 3.05) is 10.6 Å². The van der Waals surface area contributed by atoms with Crippen LogP contribution in [-0.2, 0) is 4.79 Å². The Bertz CT molecular complexity index is 1250. The van der Waals surface area contributed by atoms with Gasteiger partial charge in [-0.15, -0.1) is 11.3 Å². The van der Waals surface area contributed by atoms with E-state index in [0.29, 0.717) is 22.3 Å². The summed E-state index contributed by atoms with van der Waals surface area (Å²) in [6.45, 7) is 1.34. The lowest BCUT2D eigenvalue weighted by atomic mass is 10.1. The predicted molar refractivity (Wildman–Crippen MR) is 108 cm³/mol. The van der Waals surface area contributed by atoms with Gasteiger partial charge in [-0.05, 0) is 36.4 Å². The number of hydrogen-bond donors (Lipinski definition) is 3. The first-order valence-electron chi connectivity index (χ1n) is 8.52. The number of aromatic nitrogens is 2. The maximum absolute atomic E-state index is 14.4. The summed E-state index contributed by atoms with van der Waals surface area (Å²) in [5.41, 5.74) is 1.63. The minimum atomic E-state index is -0.550. The van der Waals surface area contributed by atoms with Crippen LogP contribution in [0.2, 0.25) is 0 Å². The number of rotatable bonds is 4. The fourth-order valence-electron chi connectivity index (χ4n) is 2.86. The van der Waals surface area contributed by atoms with Crippen LogP contribution >= 0.6 is 11.3 Å². The van der Waals surface area contributed by atoms with Gasteiger partial charge < -0.3 is 10.3 Å². The zero-order chi connectivity index (χ0) is 20.5. The monoisotopic (exact) mass is 412 g/mol. The Morgan fingerprint density at radius 1 is 1.07 bits per heavy atom. The molecule has 4 rings (SSSR count). The van der Waals surface area contributed by atoms with E-state index in [9.17, 15) is 18.4 Å².